The molecule has 0 amide bonds. The van der Waals surface area contributed by atoms with E-state index in [0.717, 1.165) is 0 Å². The highest BCUT2D eigenvalue weighted by Gasteiger charge is 2.25. The first-order valence-corrected chi connectivity index (χ1v) is 10.0. The largest absolute Gasteiger partial charge is 0.493 e. The summed E-state index contributed by atoms with van der Waals surface area (Å²) in [5.74, 6) is -1.93. The maximum absolute atomic E-state index is 14.1. The molecule has 9 heteroatoms. The predicted octanol–water partition coefficient (Wildman–Crippen LogP) is 4.52. The van der Waals surface area contributed by atoms with Crippen LogP contribution in [-0.2, 0) is 14.3 Å². The number of H-pyrrole nitrogens is 1. The Kier molecular flexibility index (Phi) is 6.66. The molecule has 2 aromatic carbocycles. The van der Waals surface area contributed by atoms with Crippen LogP contribution in [0.2, 0.25) is 0 Å². The Hall–Kier alpha value is -4.01. The summed E-state index contributed by atoms with van der Waals surface area (Å²) in [7, 11) is -0.942. The van der Waals surface area contributed by atoms with Gasteiger partial charge in [-0.3, -0.25) is 0 Å². The highest BCUT2D eigenvalue weighted by Crippen LogP contribution is 2.35. The fourth-order valence-electron chi connectivity index (χ4n) is 3.24. The Labute approximate surface area is 193 Å². The third-order valence-electron chi connectivity index (χ3n) is 4.68. The van der Waals surface area contributed by atoms with Crippen LogP contribution >= 0.6 is 0 Å². The van der Waals surface area contributed by atoms with Crippen LogP contribution < -0.4 is 14.8 Å². The molecule has 1 aromatic heterocycles. The van der Waals surface area contributed by atoms with Gasteiger partial charge >= 0.3 is 11.9 Å². The number of halogens is 1. The topological polar surface area (TPSA) is 98.9 Å². The van der Waals surface area contributed by atoms with E-state index in [0.29, 0.717) is 16.6 Å². The molecule has 0 spiro atoms. The van der Waals surface area contributed by atoms with E-state index in [-0.39, 0.29) is 41.4 Å². The third-order valence-corrected chi connectivity index (χ3v) is 4.68. The van der Waals surface area contributed by atoms with Gasteiger partial charge in [0, 0.05) is 23.3 Å². The lowest BCUT2D eigenvalue weighted by Gasteiger charge is -2.16. The summed E-state index contributed by atoms with van der Waals surface area (Å²) in [6.45, 7) is 3.39. The first-order chi connectivity index (χ1) is 16.9. The Bertz CT molecular complexity index is 1240. The van der Waals surface area contributed by atoms with Crippen molar-refractivity contribution in [3.8, 4) is 11.5 Å². The Morgan fingerprint density at radius 3 is 2.42 bits per heavy atom. The lowest BCUT2D eigenvalue weighted by molar-refractivity contribution is -0.136. The number of aromatic nitrogens is 1. The second-order valence-corrected chi connectivity index (χ2v) is 6.67. The maximum Gasteiger partial charge on any atom is 0.340 e. The normalized spacial score (nSPS) is 12.0. The smallest absolute Gasteiger partial charge is 0.340 e. The molecule has 3 aromatic rings. The summed E-state index contributed by atoms with van der Waals surface area (Å²) in [5.41, 5.74) is 0.887. The summed E-state index contributed by atoms with van der Waals surface area (Å²) in [4.78, 5) is 28.7. The van der Waals surface area contributed by atoms with E-state index in [4.69, 9.17) is 21.7 Å². The summed E-state index contributed by atoms with van der Waals surface area (Å²) in [6.07, 6.45) is 2.95. The fourth-order valence-corrected chi connectivity index (χ4v) is 3.24. The number of ether oxygens (including phenoxy) is 4. The molecule has 0 radical (unpaired) electrons. The van der Waals surface area contributed by atoms with Crippen molar-refractivity contribution >= 4 is 34.1 Å². The number of rotatable bonds is 9. The van der Waals surface area contributed by atoms with Gasteiger partial charge in [-0.1, -0.05) is 0 Å². The number of fused-ring (bicyclic) bond motifs is 1. The van der Waals surface area contributed by atoms with E-state index >= 15 is 0 Å². The van der Waals surface area contributed by atoms with Gasteiger partial charge in [0.05, 0.1) is 52.5 Å². The summed E-state index contributed by atoms with van der Waals surface area (Å²) < 4.78 is 49.7. The minimum atomic E-state index is -0.766. The van der Waals surface area contributed by atoms with Crippen molar-refractivity contribution in [2.45, 2.75) is 13.8 Å². The van der Waals surface area contributed by atoms with Gasteiger partial charge < -0.3 is 29.2 Å². The minimum Gasteiger partial charge on any atom is -0.493 e. The zero-order valence-corrected chi connectivity index (χ0v) is 18.2. The molecule has 2 N–H and O–H groups in total. The summed E-state index contributed by atoms with van der Waals surface area (Å²) >= 11 is 0. The molecule has 0 aliphatic carbocycles. The maximum atomic E-state index is 14.1. The highest BCUT2D eigenvalue weighted by atomic mass is 19.1. The van der Waals surface area contributed by atoms with E-state index in [1.54, 1.807) is 26.1 Å². The van der Waals surface area contributed by atoms with Gasteiger partial charge in [0.1, 0.15) is 5.82 Å². The lowest BCUT2D eigenvalue weighted by atomic mass is 9.99. The average Bonchev–Trinajstić information content (AvgIpc) is 3.29. The van der Waals surface area contributed by atoms with Crippen LogP contribution in [0.15, 0.2) is 42.7 Å². The van der Waals surface area contributed by atoms with Crippen molar-refractivity contribution in [3.05, 3.63) is 59.7 Å². The van der Waals surface area contributed by atoms with Crippen molar-refractivity contribution in [3.63, 3.8) is 0 Å². The van der Waals surface area contributed by atoms with Crippen LogP contribution in [0.25, 0.3) is 16.5 Å². The average molecular weight is 458 g/mol. The number of hydrogen-bond donors (Lipinski definition) is 2. The molecule has 0 saturated heterocycles. The second kappa shape index (κ2) is 10.5. The van der Waals surface area contributed by atoms with E-state index in [1.165, 1.54) is 30.5 Å². The first kappa shape index (κ1) is 20.9. The molecule has 0 bridgehead atoms. The van der Waals surface area contributed by atoms with Gasteiger partial charge in [-0.25, -0.2) is 14.0 Å². The van der Waals surface area contributed by atoms with Gasteiger partial charge in [-0.05, 0) is 44.2 Å². The van der Waals surface area contributed by atoms with E-state index in [2.05, 4.69) is 10.3 Å². The third kappa shape index (κ3) is 5.08. The van der Waals surface area contributed by atoms with Crippen LogP contribution in [0.3, 0.4) is 0 Å². The molecular formula is C24H25FN2O6. The molecule has 1 heterocycles. The number of benzene rings is 2. The number of esters is 2. The van der Waals surface area contributed by atoms with Gasteiger partial charge in [-0.15, -0.1) is 0 Å². The molecule has 0 unspecified atom stereocenters. The Balaban J connectivity index is 2.19. The number of hydrogen-bond acceptors (Lipinski definition) is 7. The fraction of sp³-hybridized carbons (Fsp3) is 0.250. The van der Waals surface area contributed by atoms with E-state index in [9.17, 15) is 14.0 Å². The molecule has 0 atom stereocenters. The summed E-state index contributed by atoms with van der Waals surface area (Å²) in [5, 5.41) is 3.60. The van der Waals surface area contributed by atoms with Crippen molar-refractivity contribution in [2.75, 3.05) is 32.7 Å². The number of aromatic amines is 1. The monoisotopic (exact) mass is 458 g/mol. The van der Waals surface area contributed by atoms with Crippen LogP contribution in [0.4, 0.5) is 10.1 Å². The van der Waals surface area contributed by atoms with E-state index in [1.807, 2.05) is 0 Å². The molecule has 8 nitrogen and oxygen atoms in total. The van der Waals surface area contributed by atoms with Crippen LogP contribution in [-0.4, -0.2) is 44.3 Å². The van der Waals surface area contributed by atoms with Crippen LogP contribution in [0.1, 0.15) is 32.5 Å². The van der Waals surface area contributed by atoms with Gasteiger partial charge in [-0.2, -0.15) is 0 Å². The van der Waals surface area contributed by atoms with Crippen LogP contribution in [0.5, 0.6) is 11.5 Å². The molecule has 0 fully saturated rings. The zero-order chi connectivity index (χ0) is 25.4. The van der Waals surface area contributed by atoms with Gasteiger partial charge in [0.15, 0.2) is 11.5 Å². The van der Waals surface area contributed by atoms with Gasteiger partial charge in [0.25, 0.3) is 0 Å². The molecule has 3 rings (SSSR count). The minimum absolute atomic E-state index is 0.0365. The molecule has 0 aliphatic rings. The molecule has 0 saturated carbocycles. The number of nitrogens with one attached hydrogen (secondary N) is 2. The molecular weight excluding hydrogens is 431 g/mol. The molecule has 174 valence electrons. The number of methoxy groups -OCH3 is 2. The quantitative estimate of drug-likeness (QED) is 0.359. The predicted molar refractivity (Wildman–Crippen MR) is 122 cm³/mol. The lowest BCUT2D eigenvalue weighted by Crippen LogP contribution is -2.14. The van der Waals surface area contributed by atoms with Crippen LogP contribution in [0, 0.1) is 5.82 Å². The molecule has 0 aliphatic heterocycles. The van der Waals surface area contributed by atoms with E-state index < -0.39 is 31.9 Å². The zero-order valence-electron chi connectivity index (χ0n) is 20.2. The number of anilines is 1. The van der Waals surface area contributed by atoms with Crippen molar-refractivity contribution < 1.29 is 35.7 Å². The highest BCUT2D eigenvalue weighted by molar-refractivity contribution is 6.19. The Morgan fingerprint density at radius 2 is 1.76 bits per heavy atom. The second-order valence-electron chi connectivity index (χ2n) is 6.67. The first-order valence-electron chi connectivity index (χ1n) is 11.4. The Morgan fingerprint density at radius 1 is 1.06 bits per heavy atom. The summed E-state index contributed by atoms with van der Waals surface area (Å²) in [6, 6.07) is 6.97. The molecule has 33 heavy (non-hydrogen) atoms. The van der Waals surface area contributed by atoms with Crippen molar-refractivity contribution in [2.24, 2.45) is 0 Å². The van der Waals surface area contributed by atoms with Crippen molar-refractivity contribution in [1.29, 1.82) is 0 Å². The number of carbonyl (C=O) groups excluding carboxylic acids is 2. The number of carbonyl (C=O) groups is 2. The standard InChI is InChI=1S/C24H25FN2O6/c1-5-32-23(28)17-12-22(31-4)21(30-3)11-16(17)18(24(29)33-6-2)13-27-20-10-14(25)9-19-15(20)7-8-26-19/h7-13,26-27H,5-6H2,1-4H3/i3D,4D. The van der Waals surface area contributed by atoms with Crippen molar-refractivity contribution in [1.82, 2.24) is 4.98 Å². The SMILES string of the molecule is [2H]COc1cc(C(=O)OCC)c(C(=CNc2cc(F)cc3[nH]ccc23)C(=O)OCC)cc1OC[2H]. The van der Waals surface area contributed by atoms with Gasteiger partial charge in [0.2, 0.25) is 0 Å².